The number of nitrogens with zero attached hydrogens (tertiary/aromatic N) is 4. The molecule has 0 spiro atoms. The standard InChI is InChI=1S/C14H16N4O4/c1-2-3-6-15-7-9-16(10-8-15)13-5-4-12(17(19)20)11-14(13)18(21)22/h1,4-5,11H,3,6-10H2. The molecular formula is C14H16N4O4. The van der Waals surface area contributed by atoms with Gasteiger partial charge in [0.05, 0.1) is 15.9 Å². The minimum absolute atomic E-state index is 0.230. The lowest BCUT2D eigenvalue weighted by atomic mass is 10.2. The number of rotatable bonds is 5. The molecule has 1 aliphatic heterocycles. The van der Waals surface area contributed by atoms with Crippen LogP contribution in [0.2, 0.25) is 0 Å². The zero-order valence-corrected chi connectivity index (χ0v) is 12.0. The van der Waals surface area contributed by atoms with E-state index in [1.807, 2.05) is 4.90 Å². The minimum atomic E-state index is -0.630. The maximum Gasteiger partial charge on any atom is 0.299 e. The topological polar surface area (TPSA) is 92.8 Å². The van der Waals surface area contributed by atoms with Crippen LogP contribution in [-0.2, 0) is 0 Å². The third-order valence-corrected chi connectivity index (χ3v) is 3.65. The molecule has 1 aromatic rings. The van der Waals surface area contributed by atoms with E-state index < -0.39 is 9.85 Å². The molecule has 8 nitrogen and oxygen atoms in total. The summed E-state index contributed by atoms with van der Waals surface area (Å²) in [7, 11) is 0. The van der Waals surface area contributed by atoms with Crippen LogP contribution in [-0.4, -0.2) is 47.5 Å². The highest BCUT2D eigenvalue weighted by molar-refractivity contribution is 5.67. The Kier molecular flexibility index (Phi) is 4.91. The predicted octanol–water partition coefficient (Wildman–Crippen LogP) is 1.65. The summed E-state index contributed by atoms with van der Waals surface area (Å²) in [6.07, 6.45) is 5.92. The molecule has 0 N–H and O–H groups in total. The maximum absolute atomic E-state index is 11.2. The van der Waals surface area contributed by atoms with E-state index in [1.54, 1.807) is 0 Å². The molecule has 22 heavy (non-hydrogen) atoms. The van der Waals surface area contributed by atoms with Crippen molar-refractivity contribution in [2.24, 2.45) is 0 Å². The number of nitro benzene ring substituents is 2. The molecule has 0 aromatic heterocycles. The molecule has 0 radical (unpaired) electrons. The maximum atomic E-state index is 11.2. The second-order valence-corrected chi connectivity index (χ2v) is 4.97. The van der Waals surface area contributed by atoms with Crippen molar-refractivity contribution in [1.82, 2.24) is 4.90 Å². The molecule has 116 valence electrons. The Hall–Kier alpha value is -2.66. The van der Waals surface area contributed by atoms with E-state index in [2.05, 4.69) is 10.8 Å². The van der Waals surface area contributed by atoms with Crippen LogP contribution in [0, 0.1) is 32.6 Å². The summed E-state index contributed by atoms with van der Waals surface area (Å²) in [5, 5.41) is 21.9. The van der Waals surface area contributed by atoms with Gasteiger partial charge in [0, 0.05) is 45.2 Å². The molecule has 1 fully saturated rings. The number of hydrogen-bond donors (Lipinski definition) is 0. The number of hydrogen-bond acceptors (Lipinski definition) is 6. The lowest BCUT2D eigenvalue weighted by Gasteiger charge is -2.35. The third-order valence-electron chi connectivity index (χ3n) is 3.65. The predicted molar refractivity (Wildman–Crippen MR) is 81.9 cm³/mol. The Morgan fingerprint density at radius 1 is 1.14 bits per heavy atom. The fourth-order valence-electron chi connectivity index (χ4n) is 2.47. The van der Waals surface area contributed by atoms with Crippen molar-refractivity contribution in [3.63, 3.8) is 0 Å². The zero-order chi connectivity index (χ0) is 16.1. The summed E-state index contributed by atoms with van der Waals surface area (Å²) in [4.78, 5) is 24.8. The second-order valence-electron chi connectivity index (χ2n) is 4.97. The van der Waals surface area contributed by atoms with Crippen molar-refractivity contribution < 1.29 is 9.85 Å². The lowest BCUT2D eigenvalue weighted by Crippen LogP contribution is -2.46. The van der Waals surface area contributed by atoms with Crippen molar-refractivity contribution in [2.45, 2.75) is 6.42 Å². The highest BCUT2D eigenvalue weighted by Crippen LogP contribution is 2.32. The molecule has 1 saturated heterocycles. The van der Waals surface area contributed by atoms with Crippen molar-refractivity contribution in [1.29, 1.82) is 0 Å². The SMILES string of the molecule is C#CCCN1CCN(c2ccc([N+](=O)[O-])cc2[N+](=O)[O-])CC1. The van der Waals surface area contributed by atoms with E-state index in [9.17, 15) is 20.2 Å². The zero-order valence-electron chi connectivity index (χ0n) is 12.0. The van der Waals surface area contributed by atoms with Gasteiger partial charge in [0.2, 0.25) is 0 Å². The van der Waals surface area contributed by atoms with E-state index in [1.165, 1.54) is 12.1 Å². The van der Waals surface area contributed by atoms with Crippen LogP contribution in [0.25, 0.3) is 0 Å². The quantitative estimate of drug-likeness (QED) is 0.466. The smallest absolute Gasteiger partial charge is 0.299 e. The third kappa shape index (κ3) is 3.51. The van der Waals surface area contributed by atoms with Gasteiger partial charge >= 0.3 is 0 Å². The first-order valence-electron chi connectivity index (χ1n) is 6.86. The summed E-state index contributed by atoms with van der Waals surface area (Å²) in [5.74, 6) is 2.59. The van der Waals surface area contributed by atoms with E-state index in [-0.39, 0.29) is 11.4 Å². The first-order chi connectivity index (χ1) is 10.5. The number of non-ortho nitro benzene ring substituents is 1. The van der Waals surface area contributed by atoms with Crippen LogP contribution in [0.4, 0.5) is 17.1 Å². The van der Waals surface area contributed by atoms with Gasteiger partial charge in [-0.1, -0.05) is 0 Å². The Labute approximate surface area is 127 Å². The van der Waals surface area contributed by atoms with Gasteiger partial charge in [-0.2, -0.15) is 0 Å². The molecule has 1 aliphatic rings. The molecule has 0 aliphatic carbocycles. The number of benzene rings is 1. The van der Waals surface area contributed by atoms with Crippen molar-refractivity contribution in [2.75, 3.05) is 37.6 Å². The Bertz CT molecular complexity index is 618. The first kappa shape index (κ1) is 15.7. The molecule has 8 heteroatoms. The largest absolute Gasteiger partial charge is 0.363 e. The van der Waals surface area contributed by atoms with Gasteiger partial charge in [-0.05, 0) is 6.07 Å². The fraction of sp³-hybridized carbons (Fsp3) is 0.429. The van der Waals surface area contributed by atoms with E-state index in [0.29, 0.717) is 25.2 Å². The van der Waals surface area contributed by atoms with Crippen LogP contribution < -0.4 is 4.90 Å². The van der Waals surface area contributed by atoms with Gasteiger partial charge in [-0.15, -0.1) is 12.3 Å². The van der Waals surface area contributed by atoms with E-state index >= 15 is 0 Å². The minimum Gasteiger partial charge on any atom is -0.363 e. The summed E-state index contributed by atoms with van der Waals surface area (Å²) in [5.41, 5.74) is -0.0819. The number of terminal acetylenes is 1. The average molecular weight is 304 g/mol. The van der Waals surface area contributed by atoms with Gasteiger partial charge in [-0.25, -0.2) is 0 Å². The average Bonchev–Trinajstić information content (AvgIpc) is 2.52. The second kappa shape index (κ2) is 6.87. The number of anilines is 1. The van der Waals surface area contributed by atoms with Crippen molar-refractivity contribution >= 4 is 17.1 Å². The lowest BCUT2D eigenvalue weighted by molar-refractivity contribution is -0.393. The first-order valence-corrected chi connectivity index (χ1v) is 6.86. The molecule has 2 rings (SSSR count). The molecule has 1 heterocycles. The van der Waals surface area contributed by atoms with Gasteiger partial charge in [0.1, 0.15) is 5.69 Å². The summed E-state index contributed by atoms with van der Waals surface area (Å²) >= 11 is 0. The Morgan fingerprint density at radius 3 is 2.36 bits per heavy atom. The molecule has 0 atom stereocenters. The molecule has 0 bridgehead atoms. The Balaban J connectivity index is 2.14. The van der Waals surface area contributed by atoms with Gasteiger partial charge < -0.3 is 4.90 Å². The van der Waals surface area contributed by atoms with Crippen LogP contribution >= 0.6 is 0 Å². The van der Waals surface area contributed by atoms with Gasteiger partial charge in [0.25, 0.3) is 11.4 Å². The van der Waals surface area contributed by atoms with E-state index in [4.69, 9.17) is 6.42 Å². The van der Waals surface area contributed by atoms with Gasteiger partial charge in [0.15, 0.2) is 0 Å². The Morgan fingerprint density at radius 2 is 1.82 bits per heavy atom. The highest BCUT2D eigenvalue weighted by atomic mass is 16.6. The van der Waals surface area contributed by atoms with Crippen LogP contribution in [0.3, 0.4) is 0 Å². The number of piperazine rings is 1. The molecule has 0 unspecified atom stereocenters. The normalized spacial score (nSPS) is 15.3. The summed E-state index contributed by atoms with van der Waals surface area (Å²) in [6.45, 7) is 3.59. The molecule has 0 amide bonds. The van der Waals surface area contributed by atoms with Gasteiger partial charge in [-0.3, -0.25) is 25.1 Å². The van der Waals surface area contributed by atoms with Crippen molar-refractivity contribution in [3.8, 4) is 12.3 Å². The number of nitro groups is 2. The molecule has 1 aromatic carbocycles. The van der Waals surface area contributed by atoms with E-state index in [0.717, 1.165) is 25.7 Å². The van der Waals surface area contributed by atoms with Crippen LogP contribution in [0.15, 0.2) is 18.2 Å². The monoisotopic (exact) mass is 304 g/mol. The summed E-state index contributed by atoms with van der Waals surface area (Å²) in [6, 6.07) is 3.76. The highest BCUT2D eigenvalue weighted by Gasteiger charge is 2.25. The van der Waals surface area contributed by atoms with Crippen molar-refractivity contribution in [3.05, 3.63) is 38.4 Å². The molecule has 0 saturated carbocycles. The van der Waals surface area contributed by atoms with Crippen LogP contribution in [0.5, 0.6) is 0 Å². The summed E-state index contributed by atoms with van der Waals surface area (Å²) < 4.78 is 0. The molecular weight excluding hydrogens is 288 g/mol. The fourth-order valence-corrected chi connectivity index (χ4v) is 2.47. The van der Waals surface area contributed by atoms with Crippen LogP contribution in [0.1, 0.15) is 6.42 Å².